The molecule has 0 fully saturated rings. The van der Waals surface area contributed by atoms with Crippen molar-refractivity contribution in [3.05, 3.63) is 68.8 Å². The van der Waals surface area contributed by atoms with Gasteiger partial charge in [-0.15, -0.1) is 0 Å². The number of nitrogens with zero attached hydrogens (tertiary/aromatic N) is 2. The van der Waals surface area contributed by atoms with Crippen LogP contribution in [0.25, 0.3) is 0 Å². The Morgan fingerprint density at radius 3 is 2.24 bits per heavy atom. The summed E-state index contributed by atoms with van der Waals surface area (Å²) in [5, 5.41) is 7.98. The van der Waals surface area contributed by atoms with Gasteiger partial charge in [0.15, 0.2) is 5.78 Å². The minimum absolute atomic E-state index is 0.0208. The molecule has 2 N–H and O–H groups in total. The zero-order valence-electron chi connectivity index (χ0n) is 15.5. The first-order valence-corrected chi connectivity index (χ1v) is 10.2. The highest BCUT2D eigenvalue weighted by Crippen LogP contribution is 2.33. The zero-order valence-corrected chi connectivity index (χ0v) is 17.7. The summed E-state index contributed by atoms with van der Waals surface area (Å²) in [5.74, 6) is 1.07. The Morgan fingerprint density at radius 2 is 1.55 bits per heavy atom. The Balaban J connectivity index is 1.76. The molecule has 29 heavy (non-hydrogen) atoms. The maximum Gasteiger partial charge on any atom is 0.229 e. The normalized spacial score (nSPS) is 15.7. The van der Waals surface area contributed by atoms with Crippen LogP contribution in [0, 0.1) is 5.92 Å². The van der Waals surface area contributed by atoms with Crippen molar-refractivity contribution in [3.8, 4) is 0 Å². The van der Waals surface area contributed by atoms with E-state index in [2.05, 4.69) is 20.6 Å². The molecule has 0 aliphatic heterocycles. The third-order valence-corrected chi connectivity index (χ3v) is 5.25. The Bertz CT molecular complexity index is 1070. The fourth-order valence-corrected chi connectivity index (χ4v) is 3.99. The van der Waals surface area contributed by atoms with Crippen LogP contribution in [0.5, 0.6) is 0 Å². The molecule has 2 aromatic carbocycles. The monoisotopic (exact) mass is 446 g/mol. The molecule has 0 radical (unpaired) electrons. The van der Waals surface area contributed by atoms with E-state index in [1.807, 2.05) is 19.1 Å². The number of carbonyl (C=O) groups is 1. The molecule has 4 rings (SSSR count). The van der Waals surface area contributed by atoms with Gasteiger partial charge in [-0.25, -0.2) is 4.98 Å². The van der Waals surface area contributed by atoms with E-state index in [0.29, 0.717) is 50.9 Å². The van der Waals surface area contributed by atoms with Gasteiger partial charge in [0.25, 0.3) is 0 Å². The summed E-state index contributed by atoms with van der Waals surface area (Å²) in [7, 11) is 0. The van der Waals surface area contributed by atoms with E-state index in [1.54, 1.807) is 30.3 Å². The first-order valence-electron chi connectivity index (χ1n) is 9.07. The van der Waals surface area contributed by atoms with Gasteiger partial charge in [-0.3, -0.25) is 4.79 Å². The maximum atomic E-state index is 12.7. The molecule has 1 unspecified atom stereocenters. The number of ketones is 1. The highest BCUT2D eigenvalue weighted by molar-refractivity contribution is 6.35. The maximum absolute atomic E-state index is 12.7. The molecule has 0 saturated carbocycles. The third-order valence-electron chi connectivity index (χ3n) is 4.56. The van der Waals surface area contributed by atoms with Gasteiger partial charge in [-0.1, -0.05) is 41.7 Å². The number of rotatable bonds is 4. The van der Waals surface area contributed by atoms with Gasteiger partial charge in [0.2, 0.25) is 5.95 Å². The molecule has 0 bridgehead atoms. The third kappa shape index (κ3) is 4.64. The van der Waals surface area contributed by atoms with Gasteiger partial charge in [-0.2, -0.15) is 4.98 Å². The van der Waals surface area contributed by atoms with Gasteiger partial charge in [-0.05, 0) is 54.8 Å². The topological polar surface area (TPSA) is 66.9 Å². The lowest BCUT2D eigenvalue weighted by Gasteiger charge is -2.23. The Hall–Kier alpha value is -2.34. The highest BCUT2D eigenvalue weighted by Gasteiger charge is 2.28. The summed E-state index contributed by atoms with van der Waals surface area (Å²) < 4.78 is 0. The van der Waals surface area contributed by atoms with Crippen molar-refractivity contribution in [2.24, 2.45) is 5.92 Å². The summed E-state index contributed by atoms with van der Waals surface area (Å²) in [5.41, 5.74) is 2.67. The van der Waals surface area contributed by atoms with Crippen molar-refractivity contribution in [1.82, 2.24) is 9.97 Å². The van der Waals surface area contributed by atoms with Crippen LogP contribution in [0.3, 0.4) is 0 Å². The van der Waals surface area contributed by atoms with Crippen LogP contribution < -0.4 is 10.6 Å². The predicted octanol–water partition coefficient (Wildman–Crippen LogP) is 6.69. The largest absolute Gasteiger partial charge is 0.339 e. The molecular weight excluding hydrogens is 431 g/mol. The number of Topliss-reactive ketones (excluding diaryl/α,β-unsaturated/α-hetero) is 1. The number of halogens is 3. The summed E-state index contributed by atoms with van der Waals surface area (Å²) >= 11 is 18.2. The zero-order chi connectivity index (χ0) is 20.5. The fourth-order valence-electron chi connectivity index (χ4n) is 3.34. The molecule has 8 heteroatoms. The molecule has 5 nitrogen and oxygen atoms in total. The number of benzene rings is 2. The Kier molecular flexibility index (Phi) is 5.63. The molecule has 3 aromatic rings. The van der Waals surface area contributed by atoms with E-state index < -0.39 is 0 Å². The minimum Gasteiger partial charge on any atom is -0.339 e. The second-order valence-corrected chi connectivity index (χ2v) is 8.38. The van der Waals surface area contributed by atoms with E-state index in [1.165, 1.54) is 0 Å². The van der Waals surface area contributed by atoms with E-state index >= 15 is 0 Å². The minimum atomic E-state index is 0.0208. The lowest BCUT2D eigenvalue weighted by molar-refractivity contribution is 0.0953. The van der Waals surface area contributed by atoms with Crippen molar-refractivity contribution in [3.63, 3.8) is 0 Å². The molecule has 1 heterocycles. The Morgan fingerprint density at radius 1 is 0.862 bits per heavy atom. The van der Waals surface area contributed by atoms with Crippen LogP contribution in [0.15, 0.2) is 42.5 Å². The van der Waals surface area contributed by atoms with Crippen LogP contribution in [0.1, 0.15) is 29.4 Å². The van der Waals surface area contributed by atoms with Gasteiger partial charge >= 0.3 is 0 Å². The van der Waals surface area contributed by atoms with E-state index in [0.717, 1.165) is 11.4 Å². The number of hydrogen-bond acceptors (Lipinski definition) is 5. The SMILES string of the molecule is CC1CC(=O)c2c(nc(Nc3ccc(Cl)cc3)nc2Nc2cc(Cl)cc(Cl)c2)C1. The number of carbonyl (C=O) groups excluding carboxylic acids is 1. The van der Waals surface area contributed by atoms with Gasteiger partial charge in [0.05, 0.1) is 11.3 Å². The first kappa shape index (κ1) is 20.0. The molecule has 0 amide bonds. The average Bonchev–Trinajstić information content (AvgIpc) is 2.62. The quantitative estimate of drug-likeness (QED) is 0.466. The number of nitrogens with one attached hydrogen (secondary N) is 2. The van der Waals surface area contributed by atoms with Crippen molar-refractivity contribution < 1.29 is 4.79 Å². The fraction of sp³-hybridized carbons (Fsp3) is 0.190. The number of hydrogen-bond donors (Lipinski definition) is 2. The second kappa shape index (κ2) is 8.19. The molecule has 1 aliphatic rings. The molecular formula is C21H17Cl3N4O. The lowest BCUT2D eigenvalue weighted by Crippen LogP contribution is -2.22. The van der Waals surface area contributed by atoms with Crippen molar-refractivity contribution in [2.45, 2.75) is 19.8 Å². The molecule has 148 valence electrons. The number of fused-ring (bicyclic) bond motifs is 1. The summed E-state index contributed by atoms with van der Waals surface area (Å²) in [4.78, 5) is 21.9. The van der Waals surface area contributed by atoms with E-state index in [-0.39, 0.29) is 11.7 Å². The predicted molar refractivity (Wildman–Crippen MR) is 118 cm³/mol. The van der Waals surface area contributed by atoms with Crippen LogP contribution >= 0.6 is 34.8 Å². The van der Waals surface area contributed by atoms with Crippen LogP contribution in [-0.2, 0) is 6.42 Å². The molecule has 1 atom stereocenters. The molecule has 0 spiro atoms. The first-order chi connectivity index (χ1) is 13.9. The van der Waals surface area contributed by atoms with Crippen molar-refractivity contribution in [2.75, 3.05) is 10.6 Å². The van der Waals surface area contributed by atoms with Crippen molar-refractivity contribution >= 4 is 63.7 Å². The number of anilines is 4. The average molecular weight is 448 g/mol. The second-order valence-electron chi connectivity index (χ2n) is 7.07. The van der Waals surface area contributed by atoms with Crippen LogP contribution in [-0.4, -0.2) is 15.8 Å². The van der Waals surface area contributed by atoms with E-state index in [4.69, 9.17) is 34.8 Å². The summed E-state index contributed by atoms with van der Waals surface area (Å²) in [6.07, 6.45) is 1.16. The van der Waals surface area contributed by atoms with Gasteiger partial charge < -0.3 is 10.6 Å². The van der Waals surface area contributed by atoms with Crippen molar-refractivity contribution in [1.29, 1.82) is 0 Å². The smallest absolute Gasteiger partial charge is 0.229 e. The number of aromatic nitrogens is 2. The molecule has 1 aliphatic carbocycles. The highest BCUT2D eigenvalue weighted by atomic mass is 35.5. The van der Waals surface area contributed by atoms with Crippen LogP contribution in [0.2, 0.25) is 15.1 Å². The standard InChI is InChI=1S/C21H17Cl3N4O/c1-11-6-17-19(18(29)7-11)20(25-16-9-13(23)8-14(24)10-16)28-21(27-17)26-15-4-2-12(22)3-5-15/h2-5,8-11H,6-7H2,1H3,(H2,25,26,27,28). The molecule has 1 aromatic heterocycles. The summed E-state index contributed by atoms with van der Waals surface area (Å²) in [6.45, 7) is 2.04. The lowest BCUT2D eigenvalue weighted by atomic mass is 9.87. The van der Waals surface area contributed by atoms with E-state index in [9.17, 15) is 4.79 Å². The Labute approximate surface area is 183 Å². The van der Waals surface area contributed by atoms with Crippen LogP contribution in [0.4, 0.5) is 23.1 Å². The molecule has 0 saturated heterocycles. The summed E-state index contributed by atoms with van der Waals surface area (Å²) in [6, 6.07) is 12.3. The van der Waals surface area contributed by atoms with Gasteiger partial charge in [0, 0.05) is 32.9 Å². The van der Waals surface area contributed by atoms with Gasteiger partial charge in [0.1, 0.15) is 5.82 Å².